The van der Waals surface area contributed by atoms with Crippen molar-refractivity contribution in [2.75, 3.05) is 24.4 Å². The van der Waals surface area contributed by atoms with Crippen LogP contribution < -0.4 is 10.9 Å². The van der Waals surface area contributed by atoms with Gasteiger partial charge in [-0.3, -0.25) is 9.59 Å². The summed E-state index contributed by atoms with van der Waals surface area (Å²) in [7, 11) is 0. The van der Waals surface area contributed by atoms with E-state index in [2.05, 4.69) is 20.4 Å². The summed E-state index contributed by atoms with van der Waals surface area (Å²) in [5, 5.41) is 6.79. The zero-order chi connectivity index (χ0) is 26.4. The lowest BCUT2D eigenvalue weighted by Crippen LogP contribution is -2.22. The van der Waals surface area contributed by atoms with Crippen LogP contribution in [0.15, 0.2) is 65.7 Å². The van der Waals surface area contributed by atoms with Crippen LogP contribution in [0.2, 0.25) is 0 Å². The Morgan fingerprint density at radius 2 is 1.73 bits per heavy atom. The summed E-state index contributed by atoms with van der Waals surface area (Å²) in [6, 6.07) is 11.2. The van der Waals surface area contributed by atoms with Gasteiger partial charge in [-0.2, -0.15) is 5.10 Å². The molecule has 0 unspecified atom stereocenters. The number of ether oxygens (including phenoxy) is 1. The first-order valence-corrected chi connectivity index (χ1v) is 11.5. The van der Waals surface area contributed by atoms with Crippen LogP contribution in [0.5, 0.6) is 0 Å². The molecule has 0 saturated heterocycles. The van der Waals surface area contributed by atoms with Crippen molar-refractivity contribution < 1.29 is 22.7 Å². The van der Waals surface area contributed by atoms with Gasteiger partial charge in [0.2, 0.25) is 5.91 Å². The van der Waals surface area contributed by atoms with Crippen molar-refractivity contribution in [3.05, 3.63) is 94.3 Å². The summed E-state index contributed by atoms with van der Waals surface area (Å²) in [6.45, 7) is 0.162. The van der Waals surface area contributed by atoms with Crippen LogP contribution in [0.25, 0.3) is 22.6 Å². The van der Waals surface area contributed by atoms with Gasteiger partial charge in [-0.1, -0.05) is 18.2 Å². The first-order valence-electron chi connectivity index (χ1n) is 10.9. The zero-order valence-electron chi connectivity index (χ0n) is 19.1. The highest BCUT2D eigenvalue weighted by molar-refractivity contribution is 6.18. The Bertz CT molecular complexity index is 1460. The topological polar surface area (TPSA) is 99.0 Å². The average molecular weight is 530 g/mol. The van der Waals surface area contributed by atoms with E-state index in [9.17, 15) is 22.8 Å². The normalized spacial score (nSPS) is 10.9. The second-order valence-corrected chi connectivity index (χ2v) is 8.13. The molecular formula is C25H19ClF3N5O3. The van der Waals surface area contributed by atoms with Gasteiger partial charge in [0.15, 0.2) is 23.3 Å². The standard InChI is InChI=1S/C25H19ClF3N5O3/c26-6-7-37-14-22(35)32-18-11-30-25(31-12-18)16-3-1-2-15(8-16)13-34-23(36)5-4-21(33-34)17-9-19(27)24(29)20(28)10-17/h1-5,8-12H,6-7,13-14H2,(H,32,35). The maximum Gasteiger partial charge on any atom is 0.267 e. The Balaban J connectivity index is 1.51. The fourth-order valence-electron chi connectivity index (χ4n) is 3.36. The van der Waals surface area contributed by atoms with Crippen molar-refractivity contribution in [3.63, 3.8) is 0 Å². The number of anilines is 1. The molecule has 2 aromatic carbocycles. The van der Waals surface area contributed by atoms with Crippen LogP contribution in [0, 0.1) is 17.5 Å². The number of benzene rings is 2. The van der Waals surface area contributed by atoms with E-state index in [0.29, 0.717) is 22.6 Å². The molecule has 1 amide bonds. The highest BCUT2D eigenvalue weighted by atomic mass is 35.5. The number of aromatic nitrogens is 4. The Morgan fingerprint density at radius 1 is 1.00 bits per heavy atom. The van der Waals surface area contributed by atoms with E-state index in [1.54, 1.807) is 24.3 Å². The van der Waals surface area contributed by atoms with Crippen molar-refractivity contribution >= 4 is 23.2 Å². The fraction of sp³-hybridized carbons (Fsp3) is 0.160. The lowest BCUT2D eigenvalue weighted by Gasteiger charge is -2.09. The zero-order valence-corrected chi connectivity index (χ0v) is 19.9. The third kappa shape index (κ3) is 6.57. The van der Waals surface area contributed by atoms with Crippen molar-refractivity contribution in [2.24, 2.45) is 0 Å². The molecule has 1 N–H and O–H groups in total. The molecule has 0 aliphatic carbocycles. The quantitative estimate of drug-likeness (QED) is 0.200. The van der Waals surface area contributed by atoms with E-state index < -0.39 is 23.0 Å². The molecule has 0 aliphatic rings. The minimum atomic E-state index is -1.58. The Hall–Kier alpha value is -4.09. The van der Waals surface area contributed by atoms with Crippen LogP contribution >= 0.6 is 11.6 Å². The summed E-state index contributed by atoms with van der Waals surface area (Å²) in [5.41, 5.74) is 1.36. The number of halogens is 4. The van der Waals surface area contributed by atoms with Crippen LogP contribution in [0.1, 0.15) is 5.56 Å². The van der Waals surface area contributed by atoms with E-state index in [-0.39, 0.29) is 42.8 Å². The Morgan fingerprint density at radius 3 is 2.43 bits per heavy atom. The molecular weight excluding hydrogens is 511 g/mol. The highest BCUT2D eigenvalue weighted by Crippen LogP contribution is 2.22. The minimum Gasteiger partial charge on any atom is -0.370 e. The number of amides is 1. The summed E-state index contributed by atoms with van der Waals surface area (Å²) < 4.78 is 46.8. The van der Waals surface area contributed by atoms with E-state index in [1.807, 2.05) is 0 Å². The molecule has 4 rings (SSSR count). The molecule has 8 nitrogen and oxygen atoms in total. The minimum absolute atomic E-state index is 0.00917. The van der Waals surface area contributed by atoms with Crippen LogP contribution in [0.4, 0.5) is 18.9 Å². The molecule has 190 valence electrons. The van der Waals surface area contributed by atoms with E-state index in [0.717, 1.165) is 16.8 Å². The van der Waals surface area contributed by atoms with Gasteiger partial charge in [-0.05, 0) is 29.8 Å². The number of carbonyl (C=O) groups excluding carboxylic acids is 1. The molecule has 0 atom stereocenters. The van der Waals surface area contributed by atoms with Gasteiger partial charge in [0.1, 0.15) is 6.61 Å². The third-order valence-corrected chi connectivity index (χ3v) is 5.21. The van der Waals surface area contributed by atoms with E-state index in [1.165, 1.54) is 24.5 Å². The third-order valence-electron chi connectivity index (χ3n) is 5.05. The maximum atomic E-state index is 13.7. The van der Waals surface area contributed by atoms with Gasteiger partial charge in [-0.25, -0.2) is 27.8 Å². The van der Waals surface area contributed by atoms with Crippen molar-refractivity contribution in [3.8, 4) is 22.6 Å². The van der Waals surface area contributed by atoms with Gasteiger partial charge in [0, 0.05) is 23.1 Å². The molecule has 0 saturated carbocycles. The van der Waals surface area contributed by atoms with Crippen LogP contribution in [-0.2, 0) is 16.1 Å². The van der Waals surface area contributed by atoms with Crippen molar-refractivity contribution in [1.29, 1.82) is 0 Å². The predicted molar refractivity (Wildman–Crippen MR) is 131 cm³/mol. The Labute approximate surface area is 213 Å². The predicted octanol–water partition coefficient (Wildman–Crippen LogP) is 4.03. The molecule has 0 bridgehead atoms. The lowest BCUT2D eigenvalue weighted by atomic mass is 10.1. The van der Waals surface area contributed by atoms with Gasteiger partial charge in [0.05, 0.1) is 36.9 Å². The van der Waals surface area contributed by atoms with E-state index >= 15 is 0 Å². The molecule has 2 heterocycles. The molecule has 0 aliphatic heterocycles. The molecule has 37 heavy (non-hydrogen) atoms. The number of nitrogens with zero attached hydrogens (tertiary/aromatic N) is 4. The molecule has 0 spiro atoms. The molecule has 0 fully saturated rings. The van der Waals surface area contributed by atoms with Gasteiger partial charge in [-0.15, -0.1) is 11.6 Å². The van der Waals surface area contributed by atoms with Crippen LogP contribution in [0.3, 0.4) is 0 Å². The summed E-state index contributed by atoms with van der Waals surface area (Å²) in [6.07, 6.45) is 2.90. The number of hydrogen-bond donors (Lipinski definition) is 1. The molecule has 0 radical (unpaired) electrons. The summed E-state index contributed by atoms with van der Waals surface area (Å²) in [4.78, 5) is 32.7. The summed E-state index contributed by atoms with van der Waals surface area (Å²) >= 11 is 5.50. The Kier molecular flexibility index (Phi) is 8.26. The maximum absolute atomic E-state index is 13.7. The number of carbonyl (C=O) groups is 1. The monoisotopic (exact) mass is 529 g/mol. The van der Waals surface area contributed by atoms with Gasteiger partial charge >= 0.3 is 0 Å². The van der Waals surface area contributed by atoms with E-state index in [4.69, 9.17) is 16.3 Å². The number of nitrogens with one attached hydrogen (secondary N) is 1. The highest BCUT2D eigenvalue weighted by Gasteiger charge is 2.14. The number of alkyl halides is 1. The first kappa shape index (κ1) is 26.0. The number of hydrogen-bond acceptors (Lipinski definition) is 6. The van der Waals surface area contributed by atoms with Crippen molar-refractivity contribution in [2.45, 2.75) is 6.54 Å². The largest absolute Gasteiger partial charge is 0.370 e. The second kappa shape index (κ2) is 11.8. The molecule has 2 aromatic heterocycles. The number of rotatable bonds is 9. The van der Waals surface area contributed by atoms with Crippen LogP contribution in [-0.4, -0.2) is 44.7 Å². The lowest BCUT2D eigenvalue weighted by molar-refractivity contribution is -0.120. The fourth-order valence-corrected chi connectivity index (χ4v) is 3.47. The average Bonchev–Trinajstić information content (AvgIpc) is 2.89. The van der Waals surface area contributed by atoms with Gasteiger partial charge < -0.3 is 10.1 Å². The SMILES string of the molecule is O=C(COCCCl)Nc1cnc(-c2cccc(Cn3nc(-c4cc(F)c(F)c(F)c4)ccc3=O)c2)nc1. The second-order valence-electron chi connectivity index (χ2n) is 7.75. The summed E-state index contributed by atoms with van der Waals surface area (Å²) in [5.74, 6) is -3.99. The smallest absolute Gasteiger partial charge is 0.267 e. The van der Waals surface area contributed by atoms with Crippen molar-refractivity contribution in [1.82, 2.24) is 19.7 Å². The molecule has 4 aromatic rings. The molecule has 12 heteroatoms. The van der Waals surface area contributed by atoms with Gasteiger partial charge in [0.25, 0.3) is 5.56 Å². The first-order chi connectivity index (χ1) is 17.8.